The molecular weight excluding hydrogens is 353 g/mol. The van der Waals surface area contributed by atoms with Gasteiger partial charge in [0.1, 0.15) is 5.82 Å². The summed E-state index contributed by atoms with van der Waals surface area (Å²) < 4.78 is 13.6. The average molecular weight is 394 g/mol. The molecule has 1 aromatic carbocycles. The van der Waals surface area contributed by atoms with E-state index in [1.54, 1.807) is 12.1 Å². The van der Waals surface area contributed by atoms with Crippen LogP contribution in [0.3, 0.4) is 0 Å². The summed E-state index contributed by atoms with van der Waals surface area (Å²) in [6.07, 6.45) is 2.26. The standard InChI is InChI=1S/C22H40FN5/c1-7-24-22(26-18(4)12-11-15-28(8-2)9-3)25-17-21(27(5)6)19-13-10-14-20(23)16-19/h10,13-14,16,18,21H,7-9,11-12,15,17H2,1-6H3,(H2,24,25,26). The summed E-state index contributed by atoms with van der Waals surface area (Å²) >= 11 is 0. The Morgan fingerprint density at radius 2 is 1.89 bits per heavy atom. The Morgan fingerprint density at radius 3 is 2.46 bits per heavy atom. The van der Waals surface area contributed by atoms with Gasteiger partial charge in [-0.1, -0.05) is 26.0 Å². The number of hydrogen-bond donors (Lipinski definition) is 2. The van der Waals surface area contributed by atoms with Crippen molar-refractivity contribution < 1.29 is 4.39 Å². The fourth-order valence-corrected chi connectivity index (χ4v) is 3.24. The lowest BCUT2D eigenvalue weighted by Gasteiger charge is -2.25. The molecular formula is C22H40FN5. The van der Waals surface area contributed by atoms with Gasteiger partial charge in [-0.3, -0.25) is 4.99 Å². The Balaban J connectivity index is 2.68. The van der Waals surface area contributed by atoms with Crippen LogP contribution in [0.25, 0.3) is 0 Å². The van der Waals surface area contributed by atoms with Gasteiger partial charge in [0.2, 0.25) is 0 Å². The smallest absolute Gasteiger partial charge is 0.191 e. The maximum atomic E-state index is 13.6. The van der Waals surface area contributed by atoms with Crippen LogP contribution in [0.4, 0.5) is 4.39 Å². The maximum absolute atomic E-state index is 13.6. The molecule has 0 aliphatic carbocycles. The molecule has 2 N–H and O–H groups in total. The zero-order chi connectivity index (χ0) is 20.9. The highest BCUT2D eigenvalue weighted by atomic mass is 19.1. The summed E-state index contributed by atoms with van der Waals surface area (Å²) in [5, 5.41) is 6.84. The topological polar surface area (TPSA) is 42.9 Å². The SMILES string of the molecule is CCNC(=NCC(c1cccc(F)c1)N(C)C)NC(C)CCCN(CC)CC. The number of likely N-dealkylation sites (N-methyl/N-ethyl adjacent to an activating group) is 1. The van der Waals surface area contributed by atoms with Crippen LogP contribution in [-0.2, 0) is 0 Å². The van der Waals surface area contributed by atoms with Crippen molar-refractivity contribution in [3.8, 4) is 0 Å². The molecule has 1 rings (SSSR count). The molecule has 28 heavy (non-hydrogen) atoms. The van der Waals surface area contributed by atoms with E-state index in [4.69, 9.17) is 4.99 Å². The zero-order valence-electron chi connectivity index (χ0n) is 18.6. The van der Waals surface area contributed by atoms with Gasteiger partial charge in [-0.05, 0) is 78.1 Å². The summed E-state index contributed by atoms with van der Waals surface area (Å²) in [6.45, 7) is 13.4. The first-order valence-corrected chi connectivity index (χ1v) is 10.6. The van der Waals surface area contributed by atoms with Crippen molar-refractivity contribution in [3.63, 3.8) is 0 Å². The second-order valence-electron chi connectivity index (χ2n) is 7.47. The molecule has 0 aromatic heterocycles. The first-order chi connectivity index (χ1) is 13.4. The Bertz CT molecular complexity index is 572. The van der Waals surface area contributed by atoms with E-state index in [-0.39, 0.29) is 11.9 Å². The molecule has 0 spiro atoms. The largest absolute Gasteiger partial charge is 0.357 e. The van der Waals surface area contributed by atoms with Crippen LogP contribution in [0.1, 0.15) is 52.1 Å². The van der Waals surface area contributed by atoms with Crippen molar-refractivity contribution in [1.82, 2.24) is 20.4 Å². The van der Waals surface area contributed by atoms with Gasteiger partial charge in [0.15, 0.2) is 5.96 Å². The monoisotopic (exact) mass is 393 g/mol. The highest BCUT2D eigenvalue weighted by Crippen LogP contribution is 2.19. The Kier molecular flexibility index (Phi) is 11.8. The van der Waals surface area contributed by atoms with Gasteiger partial charge < -0.3 is 20.4 Å². The van der Waals surface area contributed by atoms with E-state index in [9.17, 15) is 4.39 Å². The molecule has 0 fully saturated rings. The van der Waals surface area contributed by atoms with Gasteiger partial charge in [0.05, 0.1) is 12.6 Å². The molecule has 160 valence electrons. The Morgan fingerprint density at radius 1 is 1.18 bits per heavy atom. The number of halogens is 1. The van der Waals surface area contributed by atoms with Gasteiger partial charge in [0, 0.05) is 12.6 Å². The van der Waals surface area contributed by atoms with Crippen LogP contribution in [0.15, 0.2) is 29.3 Å². The third-order valence-electron chi connectivity index (χ3n) is 5.01. The first kappa shape index (κ1) is 24.4. The van der Waals surface area contributed by atoms with Crippen molar-refractivity contribution in [2.45, 2.75) is 52.6 Å². The van der Waals surface area contributed by atoms with E-state index in [0.29, 0.717) is 12.6 Å². The molecule has 0 saturated carbocycles. The minimum absolute atomic E-state index is 0.0316. The van der Waals surface area contributed by atoms with E-state index >= 15 is 0 Å². The number of guanidine groups is 1. The van der Waals surface area contributed by atoms with E-state index in [2.05, 4.69) is 48.1 Å². The van der Waals surface area contributed by atoms with Crippen LogP contribution in [0, 0.1) is 5.82 Å². The summed E-state index contributed by atoms with van der Waals surface area (Å²) in [7, 11) is 4.00. The molecule has 0 bridgehead atoms. The lowest BCUT2D eigenvalue weighted by molar-refractivity contribution is 0.292. The third-order valence-corrected chi connectivity index (χ3v) is 5.01. The quantitative estimate of drug-likeness (QED) is 0.421. The van der Waals surface area contributed by atoms with E-state index < -0.39 is 0 Å². The van der Waals surface area contributed by atoms with E-state index in [1.165, 1.54) is 12.5 Å². The van der Waals surface area contributed by atoms with Crippen molar-refractivity contribution in [1.29, 1.82) is 0 Å². The van der Waals surface area contributed by atoms with Crippen molar-refractivity contribution in [2.75, 3.05) is 46.8 Å². The van der Waals surface area contributed by atoms with Crippen molar-refractivity contribution >= 4 is 5.96 Å². The van der Waals surface area contributed by atoms with Gasteiger partial charge in [-0.25, -0.2) is 4.39 Å². The number of nitrogens with one attached hydrogen (secondary N) is 2. The second-order valence-corrected chi connectivity index (χ2v) is 7.47. The first-order valence-electron chi connectivity index (χ1n) is 10.6. The third kappa shape index (κ3) is 9.02. The molecule has 0 heterocycles. The van der Waals surface area contributed by atoms with Gasteiger partial charge in [-0.2, -0.15) is 0 Å². The number of benzene rings is 1. The minimum Gasteiger partial charge on any atom is -0.357 e. The Hall–Kier alpha value is -1.66. The highest BCUT2D eigenvalue weighted by molar-refractivity contribution is 5.80. The van der Waals surface area contributed by atoms with Crippen molar-refractivity contribution in [3.05, 3.63) is 35.6 Å². The second kappa shape index (κ2) is 13.5. The molecule has 1 aromatic rings. The van der Waals surface area contributed by atoms with Crippen LogP contribution < -0.4 is 10.6 Å². The van der Waals surface area contributed by atoms with Crippen molar-refractivity contribution in [2.24, 2.45) is 4.99 Å². The molecule has 0 aliphatic rings. The van der Waals surface area contributed by atoms with E-state index in [1.807, 2.05) is 20.2 Å². The normalized spacial score (nSPS) is 14.4. The number of aliphatic imine (C=N–C) groups is 1. The number of nitrogens with zero attached hydrogens (tertiary/aromatic N) is 3. The molecule has 0 saturated heterocycles. The lowest BCUT2D eigenvalue weighted by Crippen LogP contribution is -2.43. The molecule has 5 nitrogen and oxygen atoms in total. The van der Waals surface area contributed by atoms with Gasteiger partial charge >= 0.3 is 0 Å². The summed E-state index contributed by atoms with van der Waals surface area (Å²) in [6, 6.07) is 7.16. The molecule has 0 aliphatic heterocycles. The highest BCUT2D eigenvalue weighted by Gasteiger charge is 2.15. The average Bonchev–Trinajstić information content (AvgIpc) is 2.65. The maximum Gasteiger partial charge on any atom is 0.191 e. The fourth-order valence-electron chi connectivity index (χ4n) is 3.24. The van der Waals surface area contributed by atoms with Gasteiger partial charge in [-0.15, -0.1) is 0 Å². The summed E-state index contributed by atoms with van der Waals surface area (Å²) in [5.41, 5.74) is 0.942. The lowest BCUT2D eigenvalue weighted by atomic mass is 10.1. The number of rotatable bonds is 12. The van der Waals surface area contributed by atoms with Crippen LogP contribution in [-0.4, -0.2) is 68.6 Å². The fraction of sp³-hybridized carbons (Fsp3) is 0.682. The molecule has 0 amide bonds. The van der Waals surface area contributed by atoms with E-state index in [0.717, 1.165) is 44.1 Å². The predicted octanol–water partition coefficient (Wildman–Crippen LogP) is 3.49. The number of hydrogen-bond acceptors (Lipinski definition) is 3. The van der Waals surface area contributed by atoms with Crippen LogP contribution in [0.5, 0.6) is 0 Å². The molecule has 6 heteroatoms. The van der Waals surface area contributed by atoms with Gasteiger partial charge in [0.25, 0.3) is 0 Å². The minimum atomic E-state index is -0.208. The zero-order valence-corrected chi connectivity index (χ0v) is 18.6. The van der Waals surface area contributed by atoms with Crippen LogP contribution in [0.2, 0.25) is 0 Å². The summed E-state index contributed by atoms with van der Waals surface area (Å²) in [4.78, 5) is 9.31. The summed E-state index contributed by atoms with van der Waals surface area (Å²) in [5.74, 6) is 0.612. The predicted molar refractivity (Wildman–Crippen MR) is 118 cm³/mol. The molecule has 2 atom stereocenters. The molecule has 0 radical (unpaired) electrons. The van der Waals surface area contributed by atoms with Crippen LogP contribution >= 0.6 is 0 Å². The Labute approximate surface area is 171 Å². The molecule has 2 unspecified atom stereocenters.